The van der Waals surface area contributed by atoms with Crippen molar-refractivity contribution in [1.82, 2.24) is 19.4 Å². The number of halogens is 2. The van der Waals surface area contributed by atoms with Gasteiger partial charge in [0, 0.05) is 30.2 Å². The first-order chi connectivity index (χ1) is 12.2. The first kappa shape index (κ1) is 15.2. The van der Waals surface area contributed by atoms with Gasteiger partial charge in [-0.05, 0) is 24.3 Å². The van der Waals surface area contributed by atoms with Gasteiger partial charge in [0.15, 0.2) is 0 Å². The second-order valence-electron chi connectivity index (χ2n) is 5.39. The Morgan fingerprint density at radius 3 is 2.68 bits per heavy atom. The van der Waals surface area contributed by atoms with E-state index in [1.165, 1.54) is 18.2 Å². The average molecular weight is 338 g/mol. The van der Waals surface area contributed by atoms with Crippen LogP contribution in [0.25, 0.3) is 17.0 Å². The maximum absolute atomic E-state index is 13.2. The molecule has 0 amide bonds. The van der Waals surface area contributed by atoms with Gasteiger partial charge in [-0.1, -0.05) is 6.07 Å². The first-order valence-electron chi connectivity index (χ1n) is 7.51. The third kappa shape index (κ3) is 3.30. The number of aromatic nitrogens is 4. The molecule has 0 saturated carbocycles. The highest BCUT2D eigenvalue weighted by molar-refractivity contribution is 5.57. The van der Waals surface area contributed by atoms with Crippen LogP contribution in [0.5, 0.6) is 5.75 Å². The molecule has 5 nitrogen and oxygen atoms in total. The van der Waals surface area contributed by atoms with E-state index in [1.807, 2.05) is 0 Å². The minimum atomic E-state index is -0.391. The quantitative estimate of drug-likeness (QED) is 0.570. The smallest absolute Gasteiger partial charge is 0.234 e. The van der Waals surface area contributed by atoms with E-state index < -0.39 is 5.82 Å². The Kier molecular flexibility index (Phi) is 3.81. The van der Waals surface area contributed by atoms with E-state index in [0.29, 0.717) is 22.9 Å². The summed E-state index contributed by atoms with van der Waals surface area (Å²) >= 11 is 0. The molecule has 3 heterocycles. The number of hydrogen-bond acceptors (Lipinski definition) is 4. The van der Waals surface area contributed by atoms with Crippen LogP contribution in [0.3, 0.4) is 0 Å². The molecule has 1 aromatic carbocycles. The van der Waals surface area contributed by atoms with Crippen molar-refractivity contribution in [1.29, 1.82) is 0 Å². The Morgan fingerprint density at radius 2 is 1.88 bits per heavy atom. The molecular formula is C18H12F2N4O. The third-order valence-corrected chi connectivity index (χ3v) is 3.57. The summed E-state index contributed by atoms with van der Waals surface area (Å²) in [7, 11) is 0. The zero-order valence-corrected chi connectivity index (χ0v) is 12.9. The van der Waals surface area contributed by atoms with Crippen molar-refractivity contribution in [3.63, 3.8) is 0 Å². The van der Waals surface area contributed by atoms with E-state index in [1.54, 1.807) is 41.2 Å². The number of hydrogen-bond donors (Lipinski definition) is 0. The van der Waals surface area contributed by atoms with Crippen LogP contribution in [0.15, 0.2) is 61.2 Å². The largest absolute Gasteiger partial charge is 0.487 e. The van der Waals surface area contributed by atoms with Gasteiger partial charge < -0.3 is 4.74 Å². The maximum Gasteiger partial charge on any atom is 0.234 e. The van der Waals surface area contributed by atoms with Crippen molar-refractivity contribution < 1.29 is 13.5 Å². The molecule has 124 valence electrons. The summed E-state index contributed by atoms with van der Waals surface area (Å²) in [5, 5.41) is 0. The summed E-state index contributed by atoms with van der Waals surface area (Å²) in [6, 6.07) is 8.86. The lowest BCUT2D eigenvalue weighted by Crippen LogP contribution is -1.95. The van der Waals surface area contributed by atoms with Crippen molar-refractivity contribution >= 4 is 5.78 Å². The molecule has 4 aromatic rings. The highest BCUT2D eigenvalue weighted by Gasteiger charge is 2.07. The molecule has 0 saturated heterocycles. The minimum absolute atomic E-state index is 0.191. The maximum atomic E-state index is 13.2. The molecule has 0 fully saturated rings. The van der Waals surface area contributed by atoms with Gasteiger partial charge >= 0.3 is 0 Å². The molecule has 0 spiro atoms. The monoisotopic (exact) mass is 338 g/mol. The van der Waals surface area contributed by atoms with Gasteiger partial charge in [0.1, 0.15) is 24.0 Å². The van der Waals surface area contributed by atoms with E-state index in [4.69, 9.17) is 4.74 Å². The summed E-state index contributed by atoms with van der Waals surface area (Å²) in [6.45, 7) is 0.191. The zero-order chi connectivity index (χ0) is 17.2. The molecule has 0 radical (unpaired) electrons. The Hall–Kier alpha value is -3.35. The van der Waals surface area contributed by atoms with Crippen LogP contribution in [0.1, 0.15) is 5.69 Å². The fourth-order valence-electron chi connectivity index (χ4n) is 2.40. The zero-order valence-electron chi connectivity index (χ0n) is 12.9. The number of fused-ring (bicyclic) bond motifs is 1. The highest BCUT2D eigenvalue weighted by atomic mass is 19.1. The molecule has 0 aliphatic rings. The molecule has 0 aliphatic heterocycles. The fraction of sp³-hybridized carbons (Fsp3) is 0.0556. The number of ether oxygens (including phenoxy) is 1. The van der Waals surface area contributed by atoms with Crippen LogP contribution in [0.2, 0.25) is 0 Å². The van der Waals surface area contributed by atoms with Gasteiger partial charge in [-0.25, -0.2) is 18.7 Å². The van der Waals surface area contributed by atoms with Crippen LogP contribution in [-0.2, 0) is 6.61 Å². The normalized spacial score (nSPS) is 11.0. The van der Waals surface area contributed by atoms with Gasteiger partial charge in [0.25, 0.3) is 0 Å². The van der Waals surface area contributed by atoms with E-state index in [2.05, 4.69) is 15.0 Å². The average Bonchev–Trinajstić information content (AvgIpc) is 3.03. The second kappa shape index (κ2) is 6.27. The van der Waals surface area contributed by atoms with Gasteiger partial charge in [-0.3, -0.25) is 9.38 Å². The van der Waals surface area contributed by atoms with E-state index in [-0.39, 0.29) is 12.4 Å². The Labute approximate surface area is 141 Å². The number of nitrogens with zero attached hydrogens (tertiary/aromatic N) is 4. The van der Waals surface area contributed by atoms with E-state index in [0.717, 1.165) is 11.8 Å². The standard InChI is InChI=1S/C18H12F2N4O/c19-13-2-1-3-16(6-13)25-11-15-10-24-9-12(7-22-18(24)23-15)17-5-4-14(20)8-21-17/h1-10H,11H2. The topological polar surface area (TPSA) is 52.3 Å². The molecular weight excluding hydrogens is 326 g/mol. The first-order valence-corrected chi connectivity index (χ1v) is 7.51. The molecule has 0 bridgehead atoms. The molecule has 4 rings (SSSR count). The predicted molar refractivity (Wildman–Crippen MR) is 86.9 cm³/mol. The lowest BCUT2D eigenvalue weighted by molar-refractivity contribution is 0.300. The molecule has 0 unspecified atom stereocenters. The van der Waals surface area contributed by atoms with Crippen LogP contribution < -0.4 is 4.74 Å². The molecule has 0 atom stereocenters. The Bertz CT molecular complexity index is 1030. The third-order valence-electron chi connectivity index (χ3n) is 3.57. The van der Waals surface area contributed by atoms with Gasteiger partial charge in [0.2, 0.25) is 5.78 Å². The Balaban J connectivity index is 1.56. The molecule has 25 heavy (non-hydrogen) atoms. The van der Waals surface area contributed by atoms with E-state index in [9.17, 15) is 8.78 Å². The summed E-state index contributed by atoms with van der Waals surface area (Å²) in [6.07, 6.45) is 6.36. The Morgan fingerprint density at radius 1 is 0.960 bits per heavy atom. The van der Waals surface area contributed by atoms with Gasteiger partial charge in [-0.15, -0.1) is 0 Å². The summed E-state index contributed by atoms with van der Waals surface area (Å²) in [5.74, 6) is 0.188. The van der Waals surface area contributed by atoms with Crippen molar-refractivity contribution in [3.8, 4) is 17.0 Å². The number of rotatable bonds is 4. The van der Waals surface area contributed by atoms with Crippen LogP contribution in [0, 0.1) is 11.6 Å². The van der Waals surface area contributed by atoms with Crippen molar-refractivity contribution in [2.75, 3.05) is 0 Å². The number of pyridine rings is 1. The summed E-state index contributed by atoms with van der Waals surface area (Å²) in [5.41, 5.74) is 2.01. The summed E-state index contributed by atoms with van der Waals surface area (Å²) in [4.78, 5) is 12.7. The van der Waals surface area contributed by atoms with Gasteiger partial charge in [-0.2, -0.15) is 0 Å². The van der Waals surface area contributed by atoms with Crippen molar-refractivity contribution in [2.45, 2.75) is 6.61 Å². The molecule has 7 heteroatoms. The van der Waals surface area contributed by atoms with Crippen molar-refractivity contribution in [2.24, 2.45) is 0 Å². The minimum Gasteiger partial charge on any atom is -0.487 e. The molecule has 3 aromatic heterocycles. The molecule has 0 aliphatic carbocycles. The fourth-order valence-corrected chi connectivity index (χ4v) is 2.40. The second-order valence-corrected chi connectivity index (χ2v) is 5.39. The highest BCUT2D eigenvalue weighted by Crippen LogP contribution is 2.18. The van der Waals surface area contributed by atoms with Crippen LogP contribution in [0.4, 0.5) is 8.78 Å². The number of benzene rings is 1. The summed E-state index contributed by atoms with van der Waals surface area (Å²) < 4.78 is 33.4. The molecule has 0 N–H and O–H groups in total. The number of imidazole rings is 1. The predicted octanol–water partition coefficient (Wildman–Crippen LogP) is 3.65. The van der Waals surface area contributed by atoms with Gasteiger partial charge in [0.05, 0.1) is 17.6 Å². The lowest BCUT2D eigenvalue weighted by atomic mass is 10.2. The van der Waals surface area contributed by atoms with Crippen LogP contribution in [-0.4, -0.2) is 19.4 Å². The SMILES string of the molecule is Fc1ccc(-c2cnc3nc(COc4cccc(F)c4)cn3c2)nc1. The lowest BCUT2D eigenvalue weighted by Gasteiger charge is -2.03. The van der Waals surface area contributed by atoms with E-state index >= 15 is 0 Å². The van der Waals surface area contributed by atoms with Crippen LogP contribution >= 0.6 is 0 Å². The van der Waals surface area contributed by atoms with Crippen molar-refractivity contribution in [3.05, 3.63) is 78.5 Å².